The molecule has 1 aromatic heterocycles. The summed E-state index contributed by atoms with van der Waals surface area (Å²) in [5, 5.41) is 0. The molecule has 3 nitrogen and oxygen atoms in total. The third-order valence-electron chi connectivity index (χ3n) is 3.66. The van der Waals surface area contributed by atoms with Gasteiger partial charge in [-0.3, -0.25) is 0 Å². The molecule has 0 radical (unpaired) electrons. The predicted octanol–water partition coefficient (Wildman–Crippen LogP) is 4.85. The van der Waals surface area contributed by atoms with E-state index in [0.29, 0.717) is 9.79 Å². The zero-order chi connectivity index (χ0) is 17.0. The fourth-order valence-corrected chi connectivity index (χ4v) is 4.44. The Morgan fingerprint density at radius 2 is 1.50 bits per heavy atom. The smallest absolute Gasteiger partial charge is 0.206 e. The topological polar surface area (TPSA) is 47.3 Å². The molecule has 0 saturated carbocycles. The van der Waals surface area contributed by atoms with Crippen molar-refractivity contribution in [2.45, 2.75) is 28.2 Å². The van der Waals surface area contributed by atoms with Crippen LogP contribution in [0.15, 0.2) is 81.1 Å². The van der Waals surface area contributed by atoms with Gasteiger partial charge in [0.05, 0.1) is 21.8 Å². The summed E-state index contributed by atoms with van der Waals surface area (Å²) < 4.78 is 30.5. The highest BCUT2D eigenvalue weighted by atomic mass is 32.2. The second-order valence-electron chi connectivity index (χ2n) is 5.53. The SMILES string of the molecule is Cc1ccc(S(=O)(=O)c2ccc(CSCc3ccco3)cc2)cc1. The van der Waals surface area contributed by atoms with Gasteiger partial charge in [0.2, 0.25) is 9.84 Å². The molecule has 0 bridgehead atoms. The van der Waals surface area contributed by atoms with Gasteiger partial charge < -0.3 is 4.42 Å². The van der Waals surface area contributed by atoms with Crippen LogP contribution in [0.2, 0.25) is 0 Å². The molecular formula is C19H18O3S2. The Morgan fingerprint density at radius 1 is 0.875 bits per heavy atom. The lowest BCUT2D eigenvalue weighted by atomic mass is 10.2. The molecule has 1 heterocycles. The Bertz CT molecular complexity index is 879. The molecule has 0 atom stereocenters. The van der Waals surface area contributed by atoms with Crippen molar-refractivity contribution in [3.63, 3.8) is 0 Å². The fraction of sp³-hybridized carbons (Fsp3) is 0.158. The molecule has 2 aromatic carbocycles. The summed E-state index contributed by atoms with van der Waals surface area (Å²) in [5.41, 5.74) is 2.13. The molecule has 5 heteroatoms. The normalized spacial score (nSPS) is 11.5. The largest absolute Gasteiger partial charge is 0.468 e. The molecule has 0 aliphatic heterocycles. The maximum absolute atomic E-state index is 12.6. The Balaban J connectivity index is 1.68. The summed E-state index contributed by atoms with van der Waals surface area (Å²) in [4.78, 5) is 0.652. The van der Waals surface area contributed by atoms with E-state index < -0.39 is 9.84 Å². The number of benzene rings is 2. The van der Waals surface area contributed by atoms with E-state index in [2.05, 4.69) is 0 Å². The van der Waals surface area contributed by atoms with Crippen molar-refractivity contribution in [1.82, 2.24) is 0 Å². The lowest BCUT2D eigenvalue weighted by Crippen LogP contribution is -2.02. The Morgan fingerprint density at radius 3 is 2.08 bits per heavy atom. The molecule has 0 N–H and O–H groups in total. The van der Waals surface area contributed by atoms with E-state index in [0.717, 1.165) is 28.4 Å². The van der Waals surface area contributed by atoms with Gasteiger partial charge in [-0.25, -0.2) is 8.42 Å². The lowest BCUT2D eigenvalue weighted by molar-refractivity contribution is 0.530. The standard InChI is InChI=1S/C19H18O3S2/c1-15-4-8-18(9-5-15)24(20,21)19-10-6-16(7-11-19)13-23-14-17-3-2-12-22-17/h2-12H,13-14H2,1H3. The summed E-state index contributed by atoms with van der Waals surface area (Å²) in [6.45, 7) is 1.94. The molecule has 0 aliphatic rings. The van der Waals surface area contributed by atoms with E-state index in [-0.39, 0.29) is 0 Å². The number of sulfone groups is 1. The van der Waals surface area contributed by atoms with Gasteiger partial charge in [0.1, 0.15) is 5.76 Å². The van der Waals surface area contributed by atoms with Crippen molar-refractivity contribution < 1.29 is 12.8 Å². The van der Waals surface area contributed by atoms with E-state index in [1.54, 1.807) is 42.3 Å². The third-order valence-corrected chi connectivity index (χ3v) is 6.47. The third kappa shape index (κ3) is 3.91. The van der Waals surface area contributed by atoms with Crippen molar-refractivity contribution in [3.05, 3.63) is 83.8 Å². The molecule has 3 rings (SSSR count). The zero-order valence-corrected chi connectivity index (χ0v) is 14.9. The summed E-state index contributed by atoms with van der Waals surface area (Å²) in [6, 6.07) is 17.8. The zero-order valence-electron chi connectivity index (χ0n) is 13.3. The number of hydrogen-bond donors (Lipinski definition) is 0. The van der Waals surface area contributed by atoms with Crippen molar-refractivity contribution in [1.29, 1.82) is 0 Å². The van der Waals surface area contributed by atoms with Gasteiger partial charge in [0.15, 0.2) is 0 Å². The molecule has 0 amide bonds. The van der Waals surface area contributed by atoms with Crippen LogP contribution in [0.25, 0.3) is 0 Å². The van der Waals surface area contributed by atoms with Crippen LogP contribution in [0.4, 0.5) is 0 Å². The highest BCUT2D eigenvalue weighted by Crippen LogP contribution is 2.23. The summed E-state index contributed by atoms with van der Waals surface area (Å²) in [6.07, 6.45) is 1.67. The first kappa shape index (κ1) is 16.9. The second-order valence-corrected chi connectivity index (χ2v) is 8.47. The van der Waals surface area contributed by atoms with E-state index in [4.69, 9.17) is 4.42 Å². The number of thioether (sulfide) groups is 1. The van der Waals surface area contributed by atoms with E-state index in [9.17, 15) is 8.42 Å². The van der Waals surface area contributed by atoms with Crippen molar-refractivity contribution in [3.8, 4) is 0 Å². The number of furan rings is 1. The van der Waals surface area contributed by atoms with Gasteiger partial charge in [-0.1, -0.05) is 29.8 Å². The fourth-order valence-electron chi connectivity index (χ4n) is 2.28. The highest BCUT2D eigenvalue weighted by molar-refractivity contribution is 7.97. The van der Waals surface area contributed by atoms with Crippen LogP contribution in [-0.4, -0.2) is 8.42 Å². The quantitative estimate of drug-likeness (QED) is 0.632. The lowest BCUT2D eigenvalue weighted by Gasteiger charge is -2.06. The molecule has 0 saturated heterocycles. The molecule has 0 aliphatic carbocycles. The van der Waals surface area contributed by atoms with Crippen LogP contribution in [0.5, 0.6) is 0 Å². The Kier molecular flexibility index (Phi) is 5.11. The van der Waals surface area contributed by atoms with Gasteiger partial charge >= 0.3 is 0 Å². The minimum absolute atomic E-state index is 0.325. The van der Waals surface area contributed by atoms with Gasteiger partial charge in [0, 0.05) is 5.75 Å². The van der Waals surface area contributed by atoms with Crippen LogP contribution in [0.1, 0.15) is 16.9 Å². The Hall–Kier alpha value is -1.98. The van der Waals surface area contributed by atoms with Crippen molar-refractivity contribution in [2.24, 2.45) is 0 Å². The average Bonchev–Trinajstić information content (AvgIpc) is 3.09. The molecule has 0 fully saturated rings. The van der Waals surface area contributed by atoms with Crippen LogP contribution in [0, 0.1) is 6.92 Å². The molecule has 0 unspecified atom stereocenters. The van der Waals surface area contributed by atoms with Crippen molar-refractivity contribution in [2.75, 3.05) is 0 Å². The minimum atomic E-state index is -3.45. The highest BCUT2D eigenvalue weighted by Gasteiger charge is 2.17. The molecule has 3 aromatic rings. The summed E-state index contributed by atoms with van der Waals surface area (Å²) in [5.74, 6) is 2.56. The van der Waals surface area contributed by atoms with E-state index in [1.165, 1.54) is 0 Å². The number of rotatable bonds is 6. The maximum Gasteiger partial charge on any atom is 0.206 e. The Labute approximate surface area is 146 Å². The van der Waals surface area contributed by atoms with Gasteiger partial charge in [-0.15, -0.1) is 11.8 Å². The van der Waals surface area contributed by atoms with Crippen LogP contribution in [0.3, 0.4) is 0 Å². The summed E-state index contributed by atoms with van der Waals surface area (Å²) in [7, 11) is -3.45. The molecular weight excluding hydrogens is 340 g/mol. The van der Waals surface area contributed by atoms with Gasteiger partial charge in [0.25, 0.3) is 0 Å². The van der Waals surface area contributed by atoms with E-state index >= 15 is 0 Å². The monoisotopic (exact) mass is 358 g/mol. The maximum atomic E-state index is 12.6. The minimum Gasteiger partial charge on any atom is -0.468 e. The second kappa shape index (κ2) is 7.28. The van der Waals surface area contributed by atoms with Crippen LogP contribution < -0.4 is 0 Å². The first-order valence-electron chi connectivity index (χ1n) is 7.56. The van der Waals surface area contributed by atoms with E-state index in [1.807, 2.05) is 43.3 Å². The molecule has 24 heavy (non-hydrogen) atoms. The molecule has 124 valence electrons. The van der Waals surface area contributed by atoms with Crippen LogP contribution in [-0.2, 0) is 21.3 Å². The van der Waals surface area contributed by atoms with Gasteiger partial charge in [-0.05, 0) is 48.9 Å². The van der Waals surface area contributed by atoms with Crippen LogP contribution >= 0.6 is 11.8 Å². The molecule has 0 spiro atoms. The number of aryl methyl sites for hydroxylation is 1. The van der Waals surface area contributed by atoms with Gasteiger partial charge in [-0.2, -0.15) is 0 Å². The number of hydrogen-bond acceptors (Lipinski definition) is 4. The first-order valence-corrected chi connectivity index (χ1v) is 10.2. The first-order chi connectivity index (χ1) is 11.6. The van der Waals surface area contributed by atoms with Crippen molar-refractivity contribution >= 4 is 21.6 Å². The summed E-state index contributed by atoms with van der Waals surface area (Å²) >= 11 is 1.73. The average molecular weight is 358 g/mol. The predicted molar refractivity (Wildman–Crippen MR) is 96.8 cm³/mol.